The Morgan fingerprint density at radius 2 is 1.26 bits per heavy atom. The molecule has 3 aliphatic heterocycles. The quantitative estimate of drug-likeness (QED) is 0.636. The third-order valence-electron chi connectivity index (χ3n) is 6.44. The molecule has 0 saturated carbocycles. The summed E-state index contributed by atoms with van der Waals surface area (Å²) in [7, 11) is -3.05. The van der Waals surface area contributed by atoms with Crippen molar-refractivity contribution in [3.63, 3.8) is 0 Å². The molecule has 5 heteroatoms. The fourth-order valence-corrected chi connectivity index (χ4v) is 5.90. The fraction of sp³-hybridized carbons (Fsp3) is 0.889. The number of rotatable bonds is 8. The number of sulfone groups is 1. The van der Waals surface area contributed by atoms with Crippen molar-refractivity contribution in [3.05, 3.63) is 12.2 Å². The van der Waals surface area contributed by atoms with Crippen LogP contribution in [0.15, 0.2) is 12.2 Å². The van der Waals surface area contributed by atoms with Crippen molar-refractivity contribution < 1.29 is 17.9 Å². The molecule has 3 aliphatic rings. The molecule has 0 aromatic rings. The van der Waals surface area contributed by atoms with Gasteiger partial charge < -0.3 is 9.47 Å². The lowest BCUT2D eigenvalue weighted by Crippen LogP contribution is -2.43. The van der Waals surface area contributed by atoms with Crippen molar-refractivity contribution in [2.45, 2.75) is 62.9 Å². The Labute approximate surface area is 140 Å². The van der Waals surface area contributed by atoms with E-state index in [2.05, 4.69) is 13.8 Å². The van der Waals surface area contributed by atoms with E-state index < -0.39 is 9.84 Å². The molecule has 0 amide bonds. The lowest BCUT2D eigenvalue weighted by molar-refractivity contribution is -0.120. The first kappa shape index (κ1) is 17.4. The van der Waals surface area contributed by atoms with Crippen LogP contribution in [0.3, 0.4) is 0 Å². The van der Waals surface area contributed by atoms with E-state index >= 15 is 0 Å². The normalized spacial score (nSPS) is 33.1. The summed E-state index contributed by atoms with van der Waals surface area (Å²) < 4.78 is 36.3. The van der Waals surface area contributed by atoms with Crippen LogP contribution in [0.25, 0.3) is 0 Å². The van der Waals surface area contributed by atoms with Crippen molar-refractivity contribution in [1.29, 1.82) is 0 Å². The minimum Gasteiger partial charge on any atom is -0.380 e. The molecule has 0 spiro atoms. The minimum atomic E-state index is -3.05. The second-order valence-electron chi connectivity index (χ2n) is 7.82. The molecule has 2 fully saturated rings. The summed E-state index contributed by atoms with van der Waals surface area (Å²) >= 11 is 0. The highest BCUT2D eigenvalue weighted by Gasteiger charge is 2.43. The Morgan fingerprint density at radius 1 is 0.870 bits per heavy atom. The summed E-state index contributed by atoms with van der Waals surface area (Å²) in [6.45, 7) is 7.53. The van der Waals surface area contributed by atoms with Crippen molar-refractivity contribution in [3.8, 4) is 0 Å². The average Bonchev–Trinajstić information content (AvgIpc) is 2.73. The highest BCUT2D eigenvalue weighted by atomic mass is 32.2. The lowest BCUT2D eigenvalue weighted by atomic mass is 9.78. The maximum atomic E-state index is 12.8. The van der Waals surface area contributed by atoms with E-state index in [9.17, 15) is 8.42 Å². The number of ether oxygens (including phenoxy) is 2. The molecule has 3 rings (SSSR count). The van der Waals surface area contributed by atoms with E-state index in [0.717, 1.165) is 65.0 Å². The zero-order valence-corrected chi connectivity index (χ0v) is 15.2. The van der Waals surface area contributed by atoms with Gasteiger partial charge in [-0.15, -0.1) is 0 Å². The smallest absolute Gasteiger partial charge is 0.163 e. The predicted molar refractivity (Wildman–Crippen MR) is 91.2 cm³/mol. The van der Waals surface area contributed by atoms with E-state index in [1.54, 1.807) is 0 Å². The first-order chi connectivity index (χ1) is 11.0. The average molecular weight is 343 g/mol. The Hall–Kier alpha value is -0.390. The molecule has 4 nitrogen and oxygen atoms in total. The molecular weight excluding hydrogens is 312 g/mol. The van der Waals surface area contributed by atoms with E-state index in [1.165, 1.54) is 0 Å². The van der Waals surface area contributed by atoms with E-state index in [1.807, 2.05) is 12.2 Å². The molecule has 0 aromatic heterocycles. The van der Waals surface area contributed by atoms with Crippen LogP contribution in [0.5, 0.6) is 0 Å². The van der Waals surface area contributed by atoms with Crippen LogP contribution in [0.4, 0.5) is 0 Å². The molecule has 2 saturated heterocycles. The predicted octanol–water partition coefficient (Wildman–Crippen LogP) is 3.12. The van der Waals surface area contributed by atoms with Crippen LogP contribution in [0, 0.1) is 10.8 Å². The second kappa shape index (κ2) is 6.49. The molecule has 0 radical (unpaired) electrons. The van der Waals surface area contributed by atoms with Crippen molar-refractivity contribution in [2.24, 2.45) is 10.8 Å². The van der Waals surface area contributed by atoms with E-state index in [-0.39, 0.29) is 21.3 Å². The summed E-state index contributed by atoms with van der Waals surface area (Å²) in [6, 6.07) is 0. The van der Waals surface area contributed by atoms with Gasteiger partial charge in [-0.3, -0.25) is 0 Å². The third-order valence-corrected chi connectivity index (χ3v) is 8.91. The van der Waals surface area contributed by atoms with Crippen LogP contribution < -0.4 is 0 Å². The van der Waals surface area contributed by atoms with Gasteiger partial charge in [-0.1, -0.05) is 26.0 Å². The number of hydrogen-bond acceptors (Lipinski definition) is 4. The van der Waals surface area contributed by atoms with Crippen LogP contribution in [0.2, 0.25) is 0 Å². The summed E-state index contributed by atoms with van der Waals surface area (Å²) in [4.78, 5) is 0. The van der Waals surface area contributed by atoms with Crippen molar-refractivity contribution in [2.75, 3.05) is 26.4 Å². The van der Waals surface area contributed by atoms with Gasteiger partial charge in [0.15, 0.2) is 9.84 Å². The molecule has 0 N–H and O–H groups in total. The van der Waals surface area contributed by atoms with E-state index in [0.29, 0.717) is 0 Å². The van der Waals surface area contributed by atoms with Gasteiger partial charge in [0, 0.05) is 10.8 Å². The molecular formula is C18H30O4S. The van der Waals surface area contributed by atoms with Gasteiger partial charge >= 0.3 is 0 Å². The van der Waals surface area contributed by atoms with E-state index in [4.69, 9.17) is 9.47 Å². The molecule has 132 valence electrons. The van der Waals surface area contributed by atoms with Gasteiger partial charge in [-0.05, 0) is 38.5 Å². The van der Waals surface area contributed by atoms with Gasteiger partial charge in [0.05, 0.1) is 36.9 Å². The molecule has 0 aromatic carbocycles. The highest BCUT2D eigenvalue weighted by molar-refractivity contribution is 7.93. The largest absolute Gasteiger partial charge is 0.380 e. The van der Waals surface area contributed by atoms with Gasteiger partial charge in [-0.2, -0.15) is 0 Å². The van der Waals surface area contributed by atoms with Gasteiger partial charge in [0.1, 0.15) is 0 Å². The minimum absolute atomic E-state index is 0.233. The molecule has 2 unspecified atom stereocenters. The topological polar surface area (TPSA) is 52.6 Å². The first-order valence-electron chi connectivity index (χ1n) is 9.02. The summed E-state index contributed by atoms with van der Waals surface area (Å²) in [5.41, 5.74) is 0.466. The zero-order chi connectivity index (χ0) is 16.6. The Morgan fingerprint density at radius 3 is 1.52 bits per heavy atom. The summed E-state index contributed by atoms with van der Waals surface area (Å²) in [6.07, 6.45) is 9.44. The first-order valence-corrected chi connectivity index (χ1v) is 10.6. The fourth-order valence-electron chi connectivity index (χ4n) is 3.94. The second-order valence-corrected chi connectivity index (χ2v) is 10.2. The molecule has 2 atom stereocenters. The van der Waals surface area contributed by atoms with Gasteiger partial charge in [-0.25, -0.2) is 8.42 Å². The highest BCUT2D eigenvalue weighted by Crippen LogP contribution is 2.41. The standard InChI is InChI=1S/C18H30O4S/c1-3-17(11-21-12-17)9-7-15-5-6-16(23(15,19)20)8-10-18(4-2)13-22-14-18/h5-6,15-16H,3-4,7-14H2,1-2H3. The Kier molecular flexibility index (Phi) is 4.92. The molecule has 0 bridgehead atoms. The maximum absolute atomic E-state index is 12.8. The van der Waals surface area contributed by atoms with Crippen LogP contribution >= 0.6 is 0 Å². The molecule has 3 heterocycles. The summed E-state index contributed by atoms with van der Waals surface area (Å²) in [5, 5.41) is -0.571. The van der Waals surface area contributed by atoms with Crippen molar-refractivity contribution in [1.82, 2.24) is 0 Å². The lowest BCUT2D eigenvalue weighted by Gasteiger charge is -2.41. The van der Waals surface area contributed by atoms with Crippen LogP contribution in [0.1, 0.15) is 52.4 Å². The third kappa shape index (κ3) is 3.24. The van der Waals surface area contributed by atoms with Gasteiger partial charge in [0.2, 0.25) is 0 Å². The Bertz CT molecular complexity index is 490. The molecule has 0 aliphatic carbocycles. The SMILES string of the molecule is CCC1(CCC2C=CC(CCC3(CC)COC3)S2(=O)=O)COC1. The van der Waals surface area contributed by atoms with Gasteiger partial charge in [0.25, 0.3) is 0 Å². The molecule has 23 heavy (non-hydrogen) atoms. The van der Waals surface area contributed by atoms with Crippen molar-refractivity contribution >= 4 is 9.84 Å². The van der Waals surface area contributed by atoms with Crippen LogP contribution in [-0.2, 0) is 19.3 Å². The number of hydrogen-bond donors (Lipinski definition) is 0. The monoisotopic (exact) mass is 342 g/mol. The summed E-state index contributed by atoms with van der Waals surface area (Å²) in [5.74, 6) is 0. The maximum Gasteiger partial charge on any atom is 0.163 e. The van der Waals surface area contributed by atoms with Crippen LogP contribution in [-0.4, -0.2) is 45.3 Å². The zero-order valence-electron chi connectivity index (χ0n) is 14.4. The Balaban J connectivity index is 1.53.